The highest BCUT2D eigenvalue weighted by molar-refractivity contribution is 6.07. The minimum absolute atomic E-state index is 0.197. The Kier molecular flexibility index (Phi) is 5.12. The van der Waals surface area contributed by atoms with Crippen molar-refractivity contribution in [3.8, 4) is 11.5 Å². The summed E-state index contributed by atoms with van der Waals surface area (Å²) in [4.78, 5) is 14.8. The zero-order valence-corrected chi connectivity index (χ0v) is 17.8. The van der Waals surface area contributed by atoms with Crippen LogP contribution < -0.4 is 15.1 Å². The summed E-state index contributed by atoms with van der Waals surface area (Å²) in [7, 11) is 3.38. The molecule has 0 bridgehead atoms. The standard InChI is InChI=1S/C26H25NO4/c1-29-19-10-12-23(30-2)21(15-19)22-8-5-13-27(22)16-18-14-25(28)31-24-11-9-17-6-3-4-7-20(17)26(18)24/h3-4,6-7,9-12,14-15,22H,5,8,13,16H2,1-2H3/t22-/m1/s1. The molecule has 1 saturated heterocycles. The summed E-state index contributed by atoms with van der Waals surface area (Å²) in [6.07, 6.45) is 2.12. The van der Waals surface area contributed by atoms with Crippen LogP contribution in [0.25, 0.3) is 21.7 Å². The Hall–Kier alpha value is -3.31. The van der Waals surface area contributed by atoms with Gasteiger partial charge < -0.3 is 13.9 Å². The number of ether oxygens (including phenoxy) is 2. The first-order valence-corrected chi connectivity index (χ1v) is 10.6. The molecule has 2 heterocycles. The monoisotopic (exact) mass is 415 g/mol. The SMILES string of the molecule is COc1ccc(OC)c([C@H]2CCCN2Cc2cc(=O)oc3ccc4ccccc4c23)c1. The predicted octanol–water partition coefficient (Wildman–Crippen LogP) is 5.30. The molecule has 5 heteroatoms. The van der Waals surface area contributed by atoms with Gasteiger partial charge in [0.25, 0.3) is 0 Å². The van der Waals surface area contributed by atoms with Gasteiger partial charge in [0, 0.05) is 29.6 Å². The van der Waals surface area contributed by atoms with Crippen LogP contribution in [0.2, 0.25) is 0 Å². The molecule has 0 saturated carbocycles. The second-order valence-electron chi connectivity index (χ2n) is 7.99. The zero-order valence-electron chi connectivity index (χ0n) is 17.8. The van der Waals surface area contributed by atoms with Crippen molar-refractivity contribution >= 4 is 21.7 Å². The van der Waals surface area contributed by atoms with E-state index in [1.54, 1.807) is 20.3 Å². The van der Waals surface area contributed by atoms with Crippen LogP contribution in [0.15, 0.2) is 69.9 Å². The van der Waals surface area contributed by atoms with Gasteiger partial charge in [-0.1, -0.05) is 30.3 Å². The lowest BCUT2D eigenvalue weighted by atomic mass is 10.00. The average molecular weight is 415 g/mol. The van der Waals surface area contributed by atoms with Crippen molar-refractivity contribution in [3.05, 3.63) is 82.2 Å². The summed E-state index contributed by atoms with van der Waals surface area (Å²) in [5, 5.41) is 3.26. The third-order valence-electron chi connectivity index (χ3n) is 6.25. The largest absolute Gasteiger partial charge is 0.497 e. The van der Waals surface area contributed by atoms with E-state index in [0.29, 0.717) is 12.1 Å². The molecule has 3 aromatic carbocycles. The molecule has 1 atom stereocenters. The molecule has 1 fully saturated rings. The number of hydrogen-bond donors (Lipinski definition) is 0. The number of fused-ring (bicyclic) bond motifs is 3. The Morgan fingerprint density at radius 2 is 1.90 bits per heavy atom. The minimum atomic E-state index is -0.313. The van der Waals surface area contributed by atoms with Crippen LogP contribution in [-0.2, 0) is 6.54 Å². The molecule has 0 spiro atoms. The van der Waals surface area contributed by atoms with E-state index in [4.69, 9.17) is 13.9 Å². The van der Waals surface area contributed by atoms with Crippen LogP contribution in [0.1, 0.15) is 30.0 Å². The van der Waals surface area contributed by atoms with Crippen molar-refractivity contribution in [1.29, 1.82) is 0 Å². The number of methoxy groups -OCH3 is 2. The van der Waals surface area contributed by atoms with E-state index in [1.807, 2.05) is 36.4 Å². The van der Waals surface area contributed by atoms with Crippen LogP contribution in [0.5, 0.6) is 11.5 Å². The van der Waals surface area contributed by atoms with Crippen LogP contribution in [0, 0.1) is 0 Å². The molecule has 5 rings (SSSR count). The van der Waals surface area contributed by atoms with Gasteiger partial charge in [-0.05, 0) is 60.0 Å². The van der Waals surface area contributed by atoms with Crippen molar-refractivity contribution in [2.24, 2.45) is 0 Å². The molecular formula is C26H25NO4. The van der Waals surface area contributed by atoms with Crippen molar-refractivity contribution in [3.63, 3.8) is 0 Å². The second kappa shape index (κ2) is 8.08. The van der Waals surface area contributed by atoms with Crippen molar-refractivity contribution < 1.29 is 13.9 Å². The minimum Gasteiger partial charge on any atom is -0.497 e. The number of likely N-dealkylation sites (tertiary alicyclic amines) is 1. The van der Waals surface area contributed by atoms with Gasteiger partial charge in [0.2, 0.25) is 0 Å². The van der Waals surface area contributed by atoms with Crippen LogP contribution in [0.4, 0.5) is 0 Å². The molecule has 1 aliphatic rings. The maximum Gasteiger partial charge on any atom is 0.336 e. The molecule has 1 aliphatic heterocycles. The molecule has 0 amide bonds. The highest BCUT2D eigenvalue weighted by atomic mass is 16.5. The summed E-state index contributed by atoms with van der Waals surface area (Å²) in [6.45, 7) is 1.62. The molecule has 1 aromatic heterocycles. The van der Waals surface area contributed by atoms with Gasteiger partial charge in [0.15, 0.2) is 0 Å². The topological polar surface area (TPSA) is 51.9 Å². The van der Waals surface area contributed by atoms with Crippen LogP contribution >= 0.6 is 0 Å². The number of hydrogen-bond acceptors (Lipinski definition) is 5. The average Bonchev–Trinajstić information content (AvgIpc) is 3.26. The van der Waals surface area contributed by atoms with Crippen molar-refractivity contribution in [2.75, 3.05) is 20.8 Å². The Morgan fingerprint density at radius 3 is 2.74 bits per heavy atom. The Labute approximate surface area is 180 Å². The van der Waals surface area contributed by atoms with Crippen molar-refractivity contribution in [2.45, 2.75) is 25.4 Å². The van der Waals surface area contributed by atoms with Crippen LogP contribution in [-0.4, -0.2) is 25.7 Å². The smallest absolute Gasteiger partial charge is 0.336 e. The fourth-order valence-corrected chi connectivity index (χ4v) is 4.83. The molecule has 0 N–H and O–H groups in total. The Balaban J connectivity index is 1.60. The first-order valence-electron chi connectivity index (χ1n) is 10.6. The van der Waals surface area contributed by atoms with E-state index in [-0.39, 0.29) is 11.7 Å². The first-order chi connectivity index (χ1) is 15.2. The van der Waals surface area contributed by atoms with E-state index < -0.39 is 0 Å². The lowest BCUT2D eigenvalue weighted by molar-refractivity contribution is 0.243. The molecule has 0 unspecified atom stereocenters. The van der Waals surface area contributed by atoms with Gasteiger partial charge in [-0.3, -0.25) is 4.90 Å². The second-order valence-corrected chi connectivity index (χ2v) is 7.99. The summed E-state index contributed by atoms with van der Waals surface area (Å²) < 4.78 is 16.7. The molecule has 4 aromatic rings. The molecule has 31 heavy (non-hydrogen) atoms. The quantitative estimate of drug-likeness (QED) is 0.327. The highest BCUT2D eigenvalue weighted by Crippen LogP contribution is 2.40. The summed E-state index contributed by atoms with van der Waals surface area (Å²) in [6, 6.07) is 19.9. The van der Waals surface area contributed by atoms with E-state index in [0.717, 1.165) is 58.2 Å². The number of nitrogens with zero attached hydrogens (tertiary/aromatic N) is 1. The van der Waals surface area contributed by atoms with E-state index in [1.165, 1.54) is 0 Å². The third kappa shape index (κ3) is 3.55. The van der Waals surface area contributed by atoms with Gasteiger partial charge in [-0.15, -0.1) is 0 Å². The van der Waals surface area contributed by atoms with Crippen LogP contribution in [0.3, 0.4) is 0 Å². The molecule has 158 valence electrons. The summed E-state index contributed by atoms with van der Waals surface area (Å²) in [5.41, 5.74) is 2.44. The number of benzene rings is 3. The molecule has 5 nitrogen and oxygen atoms in total. The summed E-state index contributed by atoms with van der Waals surface area (Å²) >= 11 is 0. The van der Waals surface area contributed by atoms with Gasteiger partial charge in [-0.25, -0.2) is 4.79 Å². The lowest BCUT2D eigenvalue weighted by Gasteiger charge is -2.27. The van der Waals surface area contributed by atoms with Gasteiger partial charge in [0.1, 0.15) is 17.1 Å². The Morgan fingerprint density at radius 1 is 1.03 bits per heavy atom. The van der Waals surface area contributed by atoms with E-state index >= 15 is 0 Å². The molecule has 0 radical (unpaired) electrons. The fraction of sp³-hybridized carbons (Fsp3) is 0.269. The maximum atomic E-state index is 12.3. The first kappa shape index (κ1) is 19.6. The van der Waals surface area contributed by atoms with Gasteiger partial charge in [0.05, 0.1) is 14.2 Å². The fourth-order valence-electron chi connectivity index (χ4n) is 4.83. The molecule has 0 aliphatic carbocycles. The van der Waals surface area contributed by atoms with Gasteiger partial charge in [-0.2, -0.15) is 0 Å². The summed E-state index contributed by atoms with van der Waals surface area (Å²) in [5.74, 6) is 1.68. The van der Waals surface area contributed by atoms with E-state index in [2.05, 4.69) is 23.1 Å². The Bertz CT molecular complexity index is 1310. The lowest BCUT2D eigenvalue weighted by Crippen LogP contribution is -2.24. The third-order valence-corrected chi connectivity index (χ3v) is 6.25. The zero-order chi connectivity index (χ0) is 21.4. The molecular weight excluding hydrogens is 390 g/mol. The number of rotatable bonds is 5. The van der Waals surface area contributed by atoms with Gasteiger partial charge >= 0.3 is 5.63 Å². The highest BCUT2D eigenvalue weighted by Gasteiger charge is 2.29. The normalized spacial score (nSPS) is 16.8. The van der Waals surface area contributed by atoms with Crippen molar-refractivity contribution in [1.82, 2.24) is 4.90 Å². The van der Waals surface area contributed by atoms with E-state index in [9.17, 15) is 4.79 Å². The predicted molar refractivity (Wildman–Crippen MR) is 122 cm³/mol. The maximum absolute atomic E-state index is 12.3.